The highest BCUT2D eigenvalue weighted by atomic mass is 35.5. The number of rotatable bonds is 4. The molecule has 1 fully saturated rings. The Morgan fingerprint density at radius 2 is 1.96 bits per heavy atom. The van der Waals surface area contributed by atoms with Crippen molar-refractivity contribution in [1.82, 2.24) is 20.4 Å². The molecule has 1 aliphatic heterocycles. The molecular formula is C16H17ClN4O3. The van der Waals surface area contributed by atoms with E-state index in [0.29, 0.717) is 23.2 Å². The van der Waals surface area contributed by atoms with Crippen LogP contribution in [0.1, 0.15) is 19.7 Å². The van der Waals surface area contributed by atoms with Crippen LogP contribution in [0.4, 0.5) is 4.79 Å². The van der Waals surface area contributed by atoms with Gasteiger partial charge < -0.3 is 9.84 Å². The third-order valence-electron chi connectivity index (χ3n) is 4.12. The minimum atomic E-state index is -0.386. The van der Waals surface area contributed by atoms with Gasteiger partial charge >= 0.3 is 6.03 Å². The van der Waals surface area contributed by atoms with E-state index in [1.165, 1.54) is 4.90 Å². The van der Waals surface area contributed by atoms with Crippen molar-refractivity contribution >= 4 is 23.5 Å². The first kappa shape index (κ1) is 16.4. The van der Waals surface area contributed by atoms with Crippen LogP contribution in [0, 0.1) is 5.92 Å². The Kier molecular flexibility index (Phi) is 4.53. The maximum absolute atomic E-state index is 12.2. The van der Waals surface area contributed by atoms with Gasteiger partial charge in [-0.25, -0.2) is 4.79 Å². The second kappa shape index (κ2) is 6.60. The third kappa shape index (κ3) is 3.26. The predicted molar refractivity (Wildman–Crippen MR) is 87.3 cm³/mol. The molecule has 3 amide bonds. The molecule has 126 valence electrons. The molecule has 2 aromatic rings. The van der Waals surface area contributed by atoms with Gasteiger partial charge in [0.15, 0.2) is 0 Å². The summed E-state index contributed by atoms with van der Waals surface area (Å²) in [7, 11) is 0. The average molecular weight is 349 g/mol. The van der Waals surface area contributed by atoms with Gasteiger partial charge in [0.2, 0.25) is 17.6 Å². The van der Waals surface area contributed by atoms with Gasteiger partial charge in [-0.3, -0.25) is 9.69 Å². The van der Waals surface area contributed by atoms with E-state index in [-0.39, 0.29) is 30.4 Å². The Balaban J connectivity index is 1.66. The SMILES string of the molecule is CC1NC(=O)N(CCc2nc(-c3ccc(Cl)cc3)no2)C(=O)C1C. The summed E-state index contributed by atoms with van der Waals surface area (Å²) in [5.41, 5.74) is 0.781. The first-order valence-corrected chi connectivity index (χ1v) is 8.04. The monoisotopic (exact) mass is 348 g/mol. The zero-order valence-corrected chi connectivity index (χ0v) is 14.1. The van der Waals surface area contributed by atoms with Gasteiger partial charge in [0.1, 0.15) is 0 Å². The van der Waals surface area contributed by atoms with Crippen molar-refractivity contribution in [2.75, 3.05) is 6.54 Å². The van der Waals surface area contributed by atoms with Crippen LogP contribution in [0.3, 0.4) is 0 Å². The second-order valence-corrected chi connectivity index (χ2v) is 6.22. The summed E-state index contributed by atoms with van der Waals surface area (Å²) < 4.78 is 5.20. The average Bonchev–Trinajstić information content (AvgIpc) is 3.02. The highest BCUT2D eigenvalue weighted by molar-refractivity contribution is 6.30. The molecule has 1 aromatic carbocycles. The van der Waals surface area contributed by atoms with E-state index in [4.69, 9.17) is 16.1 Å². The second-order valence-electron chi connectivity index (χ2n) is 5.79. The van der Waals surface area contributed by atoms with Crippen LogP contribution < -0.4 is 5.32 Å². The molecule has 0 spiro atoms. The van der Waals surface area contributed by atoms with Crippen LogP contribution in [0.2, 0.25) is 5.02 Å². The van der Waals surface area contributed by atoms with Crippen molar-refractivity contribution in [3.8, 4) is 11.4 Å². The molecule has 8 heteroatoms. The molecule has 1 N–H and O–H groups in total. The molecule has 1 aliphatic rings. The van der Waals surface area contributed by atoms with Gasteiger partial charge in [-0.1, -0.05) is 23.7 Å². The van der Waals surface area contributed by atoms with Crippen molar-refractivity contribution in [2.45, 2.75) is 26.3 Å². The zero-order valence-electron chi connectivity index (χ0n) is 13.3. The van der Waals surface area contributed by atoms with Crippen LogP contribution in [0.15, 0.2) is 28.8 Å². The van der Waals surface area contributed by atoms with Crippen molar-refractivity contribution in [3.05, 3.63) is 35.2 Å². The van der Waals surface area contributed by atoms with E-state index in [9.17, 15) is 9.59 Å². The number of nitrogens with one attached hydrogen (secondary N) is 1. The lowest BCUT2D eigenvalue weighted by Crippen LogP contribution is -2.58. The number of halogens is 1. The molecule has 0 aliphatic carbocycles. The first-order chi connectivity index (χ1) is 11.5. The number of hydrogen-bond donors (Lipinski definition) is 1. The maximum Gasteiger partial charge on any atom is 0.324 e. The molecule has 7 nitrogen and oxygen atoms in total. The van der Waals surface area contributed by atoms with Gasteiger partial charge in [-0.2, -0.15) is 4.98 Å². The van der Waals surface area contributed by atoms with Crippen molar-refractivity contribution < 1.29 is 14.1 Å². The molecule has 2 atom stereocenters. The Morgan fingerprint density at radius 1 is 1.25 bits per heavy atom. The molecule has 2 unspecified atom stereocenters. The number of imide groups is 1. The smallest absolute Gasteiger partial charge is 0.324 e. The van der Waals surface area contributed by atoms with Crippen LogP contribution in [0.25, 0.3) is 11.4 Å². The summed E-state index contributed by atoms with van der Waals surface area (Å²) in [5.74, 6) is 0.364. The number of carbonyl (C=O) groups excluding carboxylic acids is 2. The molecule has 0 bridgehead atoms. The summed E-state index contributed by atoms with van der Waals surface area (Å²) in [6.07, 6.45) is 0.306. The van der Waals surface area contributed by atoms with Crippen molar-refractivity contribution in [2.24, 2.45) is 5.92 Å². The normalized spacial score (nSPS) is 21.0. The molecule has 0 radical (unpaired) electrons. The highest BCUT2D eigenvalue weighted by Gasteiger charge is 2.35. The van der Waals surface area contributed by atoms with E-state index in [1.54, 1.807) is 31.2 Å². The lowest BCUT2D eigenvalue weighted by Gasteiger charge is -2.33. The number of benzene rings is 1. The van der Waals surface area contributed by atoms with Gasteiger partial charge in [-0.05, 0) is 31.2 Å². The Morgan fingerprint density at radius 3 is 2.67 bits per heavy atom. The molecule has 1 saturated heterocycles. The molecule has 3 rings (SSSR count). The summed E-state index contributed by atoms with van der Waals surface area (Å²) in [6, 6.07) is 6.52. The standard InChI is InChI=1S/C16H17ClN4O3/c1-9-10(2)18-16(23)21(15(9)22)8-7-13-19-14(20-24-13)11-3-5-12(17)6-4-11/h3-6,9-10H,7-8H2,1-2H3,(H,18,23). The lowest BCUT2D eigenvalue weighted by atomic mass is 10.00. The summed E-state index contributed by atoms with van der Waals surface area (Å²) in [6.45, 7) is 3.81. The maximum atomic E-state index is 12.2. The highest BCUT2D eigenvalue weighted by Crippen LogP contribution is 2.19. The summed E-state index contributed by atoms with van der Waals surface area (Å²) >= 11 is 5.85. The van der Waals surface area contributed by atoms with Gasteiger partial charge in [-0.15, -0.1) is 0 Å². The Hall–Kier alpha value is -2.41. The topological polar surface area (TPSA) is 88.3 Å². The molecule has 1 aromatic heterocycles. The largest absolute Gasteiger partial charge is 0.339 e. The van der Waals surface area contributed by atoms with E-state index >= 15 is 0 Å². The number of aromatic nitrogens is 2. The van der Waals surface area contributed by atoms with E-state index < -0.39 is 0 Å². The minimum absolute atomic E-state index is 0.166. The van der Waals surface area contributed by atoms with Gasteiger partial charge in [0.25, 0.3) is 0 Å². The molecule has 2 heterocycles. The number of hydrogen-bond acceptors (Lipinski definition) is 5. The number of carbonyl (C=O) groups is 2. The summed E-state index contributed by atoms with van der Waals surface area (Å²) in [4.78, 5) is 29.6. The van der Waals surface area contributed by atoms with Gasteiger partial charge in [0, 0.05) is 29.6 Å². The van der Waals surface area contributed by atoms with Crippen molar-refractivity contribution in [1.29, 1.82) is 0 Å². The molecular weight excluding hydrogens is 332 g/mol. The third-order valence-corrected chi connectivity index (χ3v) is 4.37. The fraction of sp³-hybridized carbons (Fsp3) is 0.375. The van der Waals surface area contributed by atoms with Crippen LogP contribution in [-0.4, -0.2) is 39.6 Å². The van der Waals surface area contributed by atoms with Crippen LogP contribution in [-0.2, 0) is 11.2 Å². The first-order valence-electron chi connectivity index (χ1n) is 7.66. The van der Waals surface area contributed by atoms with Gasteiger partial charge in [0.05, 0.1) is 5.92 Å². The quantitative estimate of drug-likeness (QED) is 0.917. The molecule has 24 heavy (non-hydrogen) atoms. The fourth-order valence-electron chi connectivity index (χ4n) is 2.45. The summed E-state index contributed by atoms with van der Waals surface area (Å²) in [5, 5.41) is 7.31. The van der Waals surface area contributed by atoms with Crippen molar-refractivity contribution in [3.63, 3.8) is 0 Å². The minimum Gasteiger partial charge on any atom is -0.339 e. The van der Waals surface area contributed by atoms with Crippen LogP contribution in [0.5, 0.6) is 0 Å². The molecule has 0 saturated carbocycles. The number of nitrogens with zero attached hydrogens (tertiary/aromatic N) is 3. The van der Waals surface area contributed by atoms with E-state index in [1.807, 2.05) is 6.92 Å². The number of amides is 3. The Labute approximate surface area is 144 Å². The van der Waals surface area contributed by atoms with E-state index in [0.717, 1.165) is 5.56 Å². The van der Waals surface area contributed by atoms with Crippen LogP contribution >= 0.6 is 11.6 Å². The lowest BCUT2D eigenvalue weighted by molar-refractivity contribution is -0.134. The van der Waals surface area contributed by atoms with E-state index in [2.05, 4.69) is 15.5 Å². The predicted octanol–water partition coefficient (Wildman–Crippen LogP) is 2.51. The number of urea groups is 1. The fourth-order valence-corrected chi connectivity index (χ4v) is 2.58. The Bertz CT molecular complexity index is 759. The zero-order chi connectivity index (χ0) is 17.3.